The van der Waals surface area contributed by atoms with Crippen LogP contribution in [0.15, 0.2) is 541 Å². The first kappa shape index (κ1) is 90.4. The van der Waals surface area contributed by atoms with E-state index in [2.05, 4.69) is 482 Å². The number of aromatic nitrogens is 13. The number of nitrogens with zero attached hydrogens (tertiary/aromatic N) is 13. The Bertz CT molecular complexity index is 8470. The van der Waals surface area contributed by atoms with E-state index in [1.807, 2.05) is 54.9 Å². The van der Waals surface area contributed by atoms with Gasteiger partial charge in [0.1, 0.15) is 0 Å². The van der Waals surface area contributed by atoms with E-state index >= 15 is 0 Å². The lowest BCUT2D eigenvalue weighted by Gasteiger charge is -2.11. The summed E-state index contributed by atoms with van der Waals surface area (Å²) in [6.45, 7) is 0. The fourth-order valence-electron chi connectivity index (χ4n) is 18.8. The summed E-state index contributed by atoms with van der Waals surface area (Å²) in [6, 6.07) is 176. The topological polar surface area (TPSA) is 168 Å². The molecule has 27 rings (SSSR count). The van der Waals surface area contributed by atoms with Crippen LogP contribution >= 0.6 is 0 Å². The Kier molecular flexibility index (Phi) is 25.4. The third-order valence-corrected chi connectivity index (χ3v) is 26.6. The Morgan fingerprint density at radius 2 is 0.372 bits per heavy atom. The normalized spacial score (nSPS) is 11.1. The van der Waals surface area contributed by atoms with Crippen LogP contribution in [0.1, 0.15) is 0 Å². The summed E-state index contributed by atoms with van der Waals surface area (Å²) in [4.78, 5) is 62.4. The number of rotatable bonds is 16. The Balaban J connectivity index is 0.000000105. The summed E-state index contributed by atoms with van der Waals surface area (Å²) >= 11 is 0. The molecule has 0 radical (unpaired) electrons. The van der Waals surface area contributed by atoms with Gasteiger partial charge >= 0.3 is 0 Å². The molecule has 0 unspecified atom stereocenters. The number of benzene rings is 20. The molecule has 0 saturated heterocycles. The lowest BCUT2D eigenvalue weighted by Crippen LogP contribution is -2.00. The van der Waals surface area contributed by atoms with Crippen molar-refractivity contribution in [3.63, 3.8) is 0 Å². The van der Waals surface area contributed by atoms with Crippen LogP contribution in [0.4, 0.5) is 0 Å². The molecular formula is C135H89N13. The zero-order chi connectivity index (χ0) is 98.7. The molecule has 27 aromatic rings. The molecule has 0 aliphatic heterocycles. The minimum atomic E-state index is 0.643. The van der Waals surface area contributed by atoms with E-state index in [0.717, 1.165) is 144 Å². The molecule has 7 aromatic heterocycles. The molecule has 0 spiro atoms. The molecule has 0 saturated carbocycles. The summed E-state index contributed by atoms with van der Waals surface area (Å²) in [5, 5.41) is 15.2. The monoisotopic (exact) mass is 1890 g/mol. The molecule has 0 aliphatic rings. The molecule has 0 amide bonds. The molecule has 0 atom stereocenters. The second-order valence-electron chi connectivity index (χ2n) is 36.2. The highest BCUT2D eigenvalue weighted by molar-refractivity contribution is 5.97. The van der Waals surface area contributed by atoms with Crippen LogP contribution in [0.25, 0.3) is 256 Å². The van der Waals surface area contributed by atoms with E-state index in [0.29, 0.717) is 52.4 Å². The highest BCUT2D eigenvalue weighted by Gasteiger charge is 2.21. The maximum Gasteiger partial charge on any atom is 0.164 e. The summed E-state index contributed by atoms with van der Waals surface area (Å²) < 4.78 is 0. The van der Waals surface area contributed by atoms with E-state index in [1.165, 1.54) is 60.0 Å². The molecule has 0 fully saturated rings. The van der Waals surface area contributed by atoms with E-state index in [-0.39, 0.29) is 0 Å². The quantitative estimate of drug-likeness (QED) is 0.0897. The van der Waals surface area contributed by atoms with Crippen molar-refractivity contribution in [3.05, 3.63) is 541 Å². The van der Waals surface area contributed by atoms with Crippen molar-refractivity contribution in [2.75, 3.05) is 0 Å². The van der Waals surface area contributed by atoms with Gasteiger partial charge in [-0.25, -0.2) is 49.8 Å². The molecule has 148 heavy (non-hydrogen) atoms. The van der Waals surface area contributed by atoms with Crippen LogP contribution < -0.4 is 0 Å². The second-order valence-corrected chi connectivity index (χ2v) is 36.2. The van der Waals surface area contributed by atoms with Crippen LogP contribution in [0.3, 0.4) is 0 Å². The van der Waals surface area contributed by atoms with Crippen molar-refractivity contribution in [3.8, 4) is 181 Å². The summed E-state index contributed by atoms with van der Waals surface area (Å²) in [5.41, 5.74) is 25.2. The molecule has 13 heteroatoms. The maximum absolute atomic E-state index is 4.99. The third kappa shape index (κ3) is 20.0. The number of hydrogen-bond acceptors (Lipinski definition) is 13. The van der Waals surface area contributed by atoms with Gasteiger partial charge in [-0.05, 0) is 199 Å². The van der Waals surface area contributed by atoms with Crippen molar-refractivity contribution in [2.24, 2.45) is 0 Å². The SMILES string of the molecule is c1ccc(-c2cc(-c3ccc(-c4cccc5ncccc45)cc3)cc(-c3ccccc3)n2)cc1.c1ccc(-c2ccc(-c3nc(-c4ccc5ccccc5c4)nc(-c4ccc5ccccc5c4)n3)cc2)cc1.c1ccc2cc(-c3nc(-c4ccc(-c5ccncc5)cc4)nc(-c4ccc5ccccc5c4)n3)ccc2c1.c1cncc(-c2ccc(-c3nc(-c4ccc5ccccc5c4)nc(-c4ccc5ccccc5c4)n3)cc2)c1. The zero-order valence-electron chi connectivity index (χ0n) is 80.2. The van der Waals surface area contributed by atoms with Gasteiger partial charge in [0.15, 0.2) is 52.4 Å². The summed E-state index contributed by atoms with van der Waals surface area (Å²) in [5.74, 6) is 5.89. The minimum Gasteiger partial charge on any atom is -0.265 e. The standard InChI is InChI=1S/C35H23N3.2C34H22N4.C32H22N2/c1-2-8-24(9-3-1)27-14-18-28(19-15-27)33-36-34(31-20-16-25-10-4-6-12-29(25)22-31)38-35(37-33)32-21-17-26-11-5-7-13-30(26)23-32;1-3-8-27-20-29(17-13-23(27)6-1)33-36-32(26-15-11-25(12-16-26)31-10-5-19-35-22-31)37-34(38-33)30-18-14-24-7-2-4-9-28(24)21-30;1-3-7-28-21-30(15-11-23(28)5-1)33-36-32(27-13-9-25(10-14-27)26-17-19-35-20-18-26)37-34(38-33)31-16-12-24-6-2-4-8-29(24)22-31;1-3-9-25(10-4-1)31-21-27(22-32(34-31)26-11-5-2-6-12-26)23-16-18-24(19-17-23)28-13-7-15-30-29(28)14-8-20-33-30/h1-23H;2*1-22H;1-22H. The average molecular weight is 1890 g/mol. The predicted octanol–water partition coefficient (Wildman–Crippen LogP) is 33.6. The first-order valence-corrected chi connectivity index (χ1v) is 49.2. The van der Waals surface area contributed by atoms with Gasteiger partial charge in [0.25, 0.3) is 0 Å². The first-order valence-electron chi connectivity index (χ1n) is 49.2. The van der Waals surface area contributed by atoms with Crippen LogP contribution in [0, 0.1) is 0 Å². The van der Waals surface area contributed by atoms with Crippen molar-refractivity contribution >= 4 is 75.5 Å². The second kappa shape index (κ2) is 41.6. The van der Waals surface area contributed by atoms with Crippen LogP contribution in [0.5, 0.6) is 0 Å². The highest BCUT2D eigenvalue weighted by Crippen LogP contribution is 2.39. The Hall–Kier alpha value is -20.2. The van der Waals surface area contributed by atoms with Crippen LogP contribution in [0.2, 0.25) is 0 Å². The first-order chi connectivity index (χ1) is 73.2. The van der Waals surface area contributed by atoms with Crippen LogP contribution in [-0.4, -0.2) is 64.8 Å². The Labute approximate surface area is 855 Å². The highest BCUT2D eigenvalue weighted by atomic mass is 15.1. The summed E-state index contributed by atoms with van der Waals surface area (Å²) in [7, 11) is 0. The molecule has 0 N–H and O–H groups in total. The van der Waals surface area contributed by atoms with Crippen molar-refractivity contribution in [1.82, 2.24) is 64.8 Å². The third-order valence-electron chi connectivity index (χ3n) is 26.6. The van der Waals surface area contributed by atoms with Gasteiger partial charge in [-0.1, -0.05) is 431 Å². The van der Waals surface area contributed by atoms with E-state index in [9.17, 15) is 0 Å². The zero-order valence-corrected chi connectivity index (χ0v) is 80.2. The van der Waals surface area contributed by atoms with Gasteiger partial charge in [-0.3, -0.25) is 15.0 Å². The Morgan fingerprint density at radius 3 is 0.696 bits per heavy atom. The lowest BCUT2D eigenvalue weighted by atomic mass is 9.96. The molecule has 0 bridgehead atoms. The molecular weight excluding hydrogens is 1800 g/mol. The van der Waals surface area contributed by atoms with Crippen molar-refractivity contribution < 1.29 is 0 Å². The van der Waals surface area contributed by atoms with E-state index in [1.54, 1.807) is 18.6 Å². The summed E-state index contributed by atoms with van der Waals surface area (Å²) in [6.07, 6.45) is 9.11. The molecule has 13 nitrogen and oxygen atoms in total. The van der Waals surface area contributed by atoms with Crippen molar-refractivity contribution in [2.45, 2.75) is 0 Å². The van der Waals surface area contributed by atoms with E-state index in [4.69, 9.17) is 49.8 Å². The van der Waals surface area contributed by atoms with Gasteiger partial charge in [-0.15, -0.1) is 0 Å². The number of hydrogen-bond donors (Lipinski definition) is 0. The minimum absolute atomic E-state index is 0.643. The fraction of sp³-hybridized carbons (Fsp3) is 0. The van der Waals surface area contributed by atoms with Gasteiger partial charge < -0.3 is 0 Å². The van der Waals surface area contributed by atoms with E-state index < -0.39 is 0 Å². The predicted molar refractivity (Wildman–Crippen MR) is 607 cm³/mol. The lowest BCUT2D eigenvalue weighted by molar-refractivity contribution is 1.07. The maximum atomic E-state index is 4.99. The molecule has 7 heterocycles. The smallest absolute Gasteiger partial charge is 0.164 e. The molecule has 694 valence electrons. The Morgan fingerprint density at radius 1 is 0.122 bits per heavy atom. The van der Waals surface area contributed by atoms with Crippen molar-refractivity contribution in [1.29, 1.82) is 0 Å². The largest absolute Gasteiger partial charge is 0.265 e. The number of fused-ring (bicyclic) bond motifs is 7. The average Bonchev–Trinajstić information content (AvgIpc) is 0.788. The van der Waals surface area contributed by atoms with Crippen LogP contribution in [-0.2, 0) is 0 Å². The van der Waals surface area contributed by atoms with Gasteiger partial charge in [0, 0.05) is 97.6 Å². The molecule has 0 aliphatic carbocycles. The molecule has 20 aromatic carbocycles. The van der Waals surface area contributed by atoms with Gasteiger partial charge in [-0.2, -0.15) is 0 Å². The van der Waals surface area contributed by atoms with Gasteiger partial charge in [0.2, 0.25) is 0 Å². The van der Waals surface area contributed by atoms with Gasteiger partial charge in [0.05, 0.1) is 16.9 Å². The number of pyridine rings is 4. The fourth-order valence-corrected chi connectivity index (χ4v) is 18.8.